The zero-order valence-electron chi connectivity index (χ0n) is 36.8. The van der Waals surface area contributed by atoms with Gasteiger partial charge in [-0.3, -0.25) is 0 Å². The number of carbonyl (C=O) groups excluding carboxylic acids is 4. The number of hydrogen-bond donors (Lipinski definition) is 0. The van der Waals surface area contributed by atoms with Gasteiger partial charge in [-0.1, -0.05) is 115 Å². The highest BCUT2D eigenvalue weighted by molar-refractivity contribution is 5.91. The van der Waals surface area contributed by atoms with E-state index in [-0.39, 0.29) is 42.1 Å². The maximum absolute atomic E-state index is 14.2. The summed E-state index contributed by atoms with van der Waals surface area (Å²) >= 11 is 0. The Bertz CT molecular complexity index is 2440. The highest BCUT2D eigenvalue weighted by Gasteiger charge is 2.58. The molecule has 15 heteroatoms. The van der Waals surface area contributed by atoms with E-state index < -0.39 is 98.2 Å². The largest absolute Gasteiger partial charge is 0.459 e. The minimum Gasteiger partial charge on any atom is -0.459 e. The minimum absolute atomic E-state index is 0.00394. The summed E-state index contributed by atoms with van der Waals surface area (Å²) in [6, 6.07) is 42.1. The molecule has 3 heterocycles. The van der Waals surface area contributed by atoms with Crippen LogP contribution in [0.5, 0.6) is 0 Å². The van der Waals surface area contributed by atoms with Crippen LogP contribution in [0.3, 0.4) is 0 Å². The molecule has 352 valence electrons. The Morgan fingerprint density at radius 2 is 0.971 bits per heavy atom. The lowest BCUT2D eigenvalue weighted by Crippen LogP contribution is -2.67. The van der Waals surface area contributed by atoms with Crippen LogP contribution in [-0.2, 0) is 52.1 Å². The van der Waals surface area contributed by atoms with Crippen molar-refractivity contribution >= 4 is 23.9 Å². The minimum atomic E-state index is -1.60. The van der Waals surface area contributed by atoms with Gasteiger partial charge >= 0.3 is 23.9 Å². The van der Waals surface area contributed by atoms with Gasteiger partial charge in [0.15, 0.2) is 43.3 Å². The molecule has 0 aliphatic carbocycles. The van der Waals surface area contributed by atoms with Crippen LogP contribution in [0.4, 0.5) is 0 Å². The highest BCUT2D eigenvalue weighted by atomic mass is 16.8. The van der Waals surface area contributed by atoms with Gasteiger partial charge in [-0.05, 0) is 48.5 Å². The van der Waals surface area contributed by atoms with Crippen LogP contribution >= 0.6 is 0 Å². The van der Waals surface area contributed by atoms with Gasteiger partial charge in [0.2, 0.25) is 0 Å². The van der Waals surface area contributed by atoms with Gasteiger partial charge in [0.1, 0.15) is 31.0 Å². The maximum Gasteiger partial charge on any atom is 0.338 e. The van der Waals surface area contributed by atoms with E-state index >= 15 is 0 Å². The molecule has 0 amide bonds. The summed E-state index contributed by atoms with van der Waals surface area (Å²) in [4.78, 5) is 55.7. The number of fused-ring (bicyclic) bond motifs is 1. The van der Waals surface area contributed by atoms with Gasteiger partial charge in [-0.15, -0.1) is 13.2 Å². The van der Waals surface area contributed by atoms with Gasteiger partial charge < -0.3 is 52.1 Å². The summed E-state index contributed by atoms with van der Waals surface area (Å²) in [6.45, 7) is 6.99. The van der Waals surface area contributed by atoms with Crippen molar-refractivity contribution in [2.75, 3.05) is 26.4 Å². The monoisotopic (exact) mass is 926 g/mol. The highest BCUT2D eigenvalue weighted by Crippen LogP contribution is 2.40. The van der Waals surface area contributed by atoms with Crippen LogP contribution in [0.2, 0.25) is 0 Å². The third-order valence-corrected chi connectivity index (χ3v) is 11.2. The summed E-state index contributed by atoms with van der Waals surface area (Å²) in [5.74, 6) is -3.10. The zero-order chi connectivity index (χ0) is 47.2. The first-order valence-corrected chi connectivity index (χ1v) is 22.0. The summed E-state index contributed by atoms with van der Waals surface area (Å²) in [6.07, 6.45) is -11.2. The van der Waals surface area contributed by atoms with E-state index in [2.05, 4.69) is 13.2 Å². The van der Waals surface area contributed by atoms with Crippen molar-refractivity contribution < 1.29 is 71.3 Å². The molecule has 5 aromatic carbocycles. The van der Waals surface area contributed by atoms with Gasteiger partial charge in [-0.25, -0.2) is 19.2 Å². The predicted octanol–water partition coefficient (Wildman–Crippen LogP) is 7.24. The van der Waals surface area contributed by atoms with Crippen molar-refractivity contribution in [2.24, 2.45) is 0 Å². The fourth-order valence-corrected chi connectivity index (χ4v) is 7.93. The van der Waals surface area contributed by atoms with Crippen LogP contribution in [0.1, 0.15) is 53.3 Å². The van der Waals surface area contributed by atoms with E-state index in [4.69, 9.17) is 52.1 Å². The topological polar surface area (TPSA) is 170 Å². The maximum atomic E-state index is 14.2. The van der Waals surface area contributed by atoms with E-state index in [1.807, 2.05) is 30.3 Å². The molecule has 0 aromatic heterocycles. The van der Waals surface area contributed by atoms with Crippen LogP contribution in [0.15, 0.2) is 177 Å². The van der Waals surface area contributed by atoms with E-state index in [0.717, 1.165) is 5.56 Å². The molecule has 0 radical (unpaired) electrons. The van der Waals surface area contributed by atoms with E-state index in [1.54, 1.807) is 121 Å². The second-order valence-electron chi connectivity index (χ2n) is 15.7. The predicted molar refractivity (Wildman–Crippen MR) is 242 cm³/mol. The van der Waals surface area contributed by atoms with Crippen molar-refractivity contribution in [3.05, 3.63) is 205 Å². The fraction of sp³-hybridized carbons (Fsp3) is 0.283. The molecule has 0 spiro atoms. The number of ether oxygens (including phenoxy) is 11. The lowest BCUT2D eigenvalue weighted by Gasteiger charge is -2.50. The van der Waals surface area contributed by atoms with Gasteiger partial charge in [0.25, 0.3) is 0 Å². The van der Waals surface area contributed by atoms with Crippen LogP contribution in [0, 0.1) is 0 Å². The molecule has 0 saturated carbocycles. The molecule has 68 heavy (non-hydrogen) atoms. The van der Waals surface area contributed by atoms with Gasteiger partial charge in [0, 0.05) is 5.56 Å². The lowest BCUT2D eigenvalue weighted by atomic mass is 9.95. The van der Waals surface area contributed by atoms with Crippen molar-refractivity contribution in [3.8, 4) is 0 Å². The van der Waals surface area contributed by atoms with E-state index in [9.17, 15) is 19.2 Å². The van der Waals surface area contributed by atoms with E-state index in [0.29, 0.717) is 0 Å². The average molecular weight is 927 g/mol. The molecule has 5 aromatic rings. The first-order valence-electron chi connectivity index (χ1n) is 22.0. The van der Waals surface area contributed by atoms with Crippen molar-refractivity contribution in [1.29, 1.82) is 0 Å². The van der Waals surface area contributed by atoms with Gasteiger partial charge in [-0.2, -0.15) is 0 Å². The third kappa shape index (κ3) is 11.6. The standard InChI is InChI=1S/C53H50O15/c1-3-30-58-43-41-40(33-61-51(67-41)38-28-18-9-19-29-38)63-53(45(43)66-50(57)37-26-16-8-17-27-37)68-46-44(65-49(56)36-24-14-7-15-25-36)42(64-48(55)35-22-12-6-13-23-35)39(62-52(46)59-31-4-2)32-60-47(54)34-20-10-5-11-21-34/h3-29,39-46,51-53H,1-2,30-33H2/t39-,40-,41+,42-,43+,44+,45-,46+,51-,52+,53-/m1/s1. The first kappa shape index (κ1) is 47.7. The van der Waals surface area contributed by atoms with Crippen LogP contribution in [-0.4, -0.2) is 112 Å². The number of esters is 4. The Labute approximate surface area is 393 Å². The fourth-order valence-electron chi connectivity index (χ4n) is 7.93. The normalized spacial score (nSPS) is 26.5. The second-order valence-corrected chi connectivity index (χ2v) is 15.7. The molecular formula is C53H50O15. The molecule has 15 nitrogen and oxygen atoms in total. The van der Waals surface area contributed by atoms with Crippen LogP contribution < -0.4 is 0 Å². The Morgan fingerprint density at radius 1 is 0.500 bits per heavy atom. The van der Waals surface area contributed by atoms with E-state index in [1.165, 1.54) is 12.2 Å². The summed E-state index contributed by atoms with van der Waals surface area (Å²) in [5, 5.41) is 0. The molecular weight excluding hydrogens is 877 g/mol. The quantitative estimate of drug-likeness (QED) is 0.0489. The molecule has 3 saturated heterocycles. The molecule has 0 unspecified atom stereocenters. The number of carbonyl (C=O) groups is 4. The zero-order valence-corrected chi connectivity index (χ0v) is 36.8. The summed E-state index contributed by atoms with van der Waals surface area (Å²) in [7, 11) is 0. The van der Waals surface area contributed by atoms with Crippen molar-refractivity contribution in [2.45, 2.75) is 67.7 Å². The number of rotatable bonds is 18. The first-order chi connectivity index (χ1) is 33.3. The molecule has 3 fully saturated rings. The lowest BCUT2D eigenvalue weighted by molar-refractivity contribution is -0.391. The summed E-state index contributed by atoms with van der Waals surface area (Å²) in [5.41, 5.74) is 1.50. The molecule has 11 atom stereocenters. The van der Waals surface area contributed by atoms with Crippen LogP contribution in [0.25, 0.3) is 0 Å². The second kappa shape index (κ2) is 23.3. The molecule has 0 bridgehead atoms. The number of benzene rings is 5. The third-order valence-electron chi connectivity index (χ3n) is 11.2. The smallest absolute Gasteiger partial charge is 0.338 e. The molecule has 0 N–H and O–H groups in total. The Kier molecular flexibility index (Phi) is 16.3. The Morgan fingerprint density at radius 3 is 1.50 bits per heavy atom. The average Bonchev–Trinajstić information content (AvgIpc) is 3.39. The number of hydrogen-bond acceptors (Lipinski definition) is 15. The molecule has 8 rings (SSSR count). The summed E-state index contributed by atoms with van der Waals surface area (Å²) < 4.78 is 70.1. The molecule has 3 aliphatic heterocycles. The van der Waals surface area contributed by atoms with Gasteiger partial charge in [0.05, 0.1) is 42.1 Å². The SMILES string of the molecule is C=CCO[C@H]1O[C@H](COC(=O)c2ccccc2)[C@@H](OC(=O)c2ccccc2)[C@H](OC(=O)c2ccccc2)[C@@H]1O[C@H]1O[C@@H]2CO[C@@H](c3ccccc3)O[C@@H]2[C@H](OCC=C)[C@H]1OC(=O)c1ccccc1. The Balaban J connectivity index is 1.20. The van der Waals surface area contributed by atoms with Crippen molar-refractivity contribution in [1.82, 2.24) is 0 Å². The molecule has 3 aliphatic rings. The Hall–Kier alpha value is -6.82. The van der Waals surface area contributed by atoms with Crippen molar-refractivity contribution in [3.63, 3.8) is 0 Å².